The Bertz CT molecular complexity index is 1070. The lowest BCUT2D eigenvalue weighted by Crippen LogP contribution is -2.06. The molecule has 122 valence electrons. The van der Waals surface area contributed by atoms with Crippen molar-refractivity contribution in [2.75, 3.05) is 0 Å². The van der Waals surface area contributed by atoms with E-state index in [0.717, 1.165) is 22.5 Å². The molecular weight excluding hydrogens is 314 g/mol. The third-order valence-corrected chi connectivity index (χ3v) is 3.89. The summed E-state index contributed by atoms with van der Waals surface area (Å²) >= 11 is 0. The first kappa shape index (κ1) is 15.1. The van der Waals surface area contributed by atoms with Crippen LogP contribution in [0.4, 0.5) is 0 Å². The minimum atomic E-state index is -0.411. The van der Waals surface area contributed by atoms with Crippen LogP contribution in [0.25, 0.3) is 28.2 Å². The Kier molecular flexibility index (Phi) is 3.74. The molecule has 2 aromatic carbocycles. The van der Waals surface area contributed by atoms with Crippen LogP contribution >= 0.6 is 0 Å². The summed E-state index contributed by atoms with van der Waals surface area (Å²) in [5.74, 6) is 0.526. The molecule has 0 N–H and O–H groups in total. The molecule has 25 heavy (non-hydrogen) atoms. The summed E-state index contributed by atoms with van der Waals surface area (Å²) in [6, 6.07) is 23.0. The van der Waals surface area contributed by atoms with Gasteiger partial charge in [0.05, 0.1) is 5.69 Å². The van der Waals surface area contributed by atoms with Gasteiger partial charge in [0.2, 0.25) is 0 Å². The lowest BCUT2D eigenvalue weighted by Gasteiger charge is -2.08. The molecule has 0 unspecified atom stereocenters. The molecule has 0 bridgehead atoms. The third kappa shape index (κ3) is 2.87. The van der Waals surface area contributed by atoms with Crippen LogP contribution in [0.2, 0.25) is 0 Å². The van der Waals surface area contributed by atoms with Crippen molar-refractivity contribution >= 4 is 0 Å². The Hall–Kier alpha value is -3.47. The quantitative estimate of drug-likeness (QED) is 0.572. The van der Waals surface area contributed by atoms with Crippen LogP contribution in [0.1, 0.15) is 5.76 Å². The lowest BCUT2D eigenvalue weighted by atomic mass is 10.0. The van der Waals surface area contributed by atoms with Crippen LogP contribution in [-0.2, 0) is 0 Å². The third-order valence-electron chi connectivity index (χ3n) is 3.89. The van der Waals surface area contributed by atoms with Crippen LogP contribution in [0, 0.1) is 6.92 Å². The maximum atomic E-state index is 11.8. The molecule has 4 rings (SSSR count). The Morgan fingerprint density at radius 3 is 2.16 bits per heavy atom. The predicted octanol–water partition coefficient (Wildman–Crippen LogP) is 3.86. The smallest absolute Gasteiger partial charge is 0.338 e. The van der Waals surface area contributed by atoms with Gasteiger partial charge in [-0.1, -0.05) is 65.9 Å². The molecule has 0 spiro atoms. The van der Waals surface area contributed by atoms with E-state index in [2.05, 4.69) is 10.3 Å². The van der Waals surface area contributed by atoms with Crippen LogP contribution in [0.15, 0.2) is 82.0 Å². The predicted molar refractivity (Wildman–Crippen MR) is 95.5 cm³/mol. The zero-order valence-corrected chi connectivity index (χ0v) is 13.6. The fraction of sp³-hybridized carbons (Fsp3) is 0.0500. The number of benzene rings is 2. The molecule has 0 fully saturated rings. The van der Waals surface area contributed by atoms with E-state index in [-0.39, 0.29) is 0 Å². The summed E-state index contributed by atoms with van der Waals surface area (Å²) < 4.78 is 6.74. The highest BCUT2D eigenvalue weighted by Crippen LogP contribution is 2.31. The van der Waals surface area contributed by atoms with E-state index in [9.17, 15) is 4.79 Å². The summed E-state index contributed by atoms with van der Waals surface area (Å²) in [7, 11) is 0. The average Bonchev–Trinajstić information content (AvgIpc) is 3.07. The van der Waals surface area contributed by atoms with Gasteiger partial charge in [0.15, 0.2) is 0 Å². The van der Waals surface area contributed by atoms with Gasteiger partial charge < -0.3 is 4.42 Å². The molecule has 0 saturated carbocycles. The molecule has 2 heterocycles. The fourth-order valence-corrected chi connectivity index (χ4v) is 2.82. The van der Waals surface area contributed by atoms with Gasteiger partial charge in [-0.3, -0.25) is 0 Å². The van der Waals surface area contributed by atoms with Crippen LogP contribution in [0.3, 0.4) is 0 Å². The molecule has 0 atom stereocenters. The van der Waals surface area contributed by atoms with Crippen molar-refractivity contribution < 1.29 is 4.42 Å². The molecule has 5 nitrogen and oxygen atoms in total. The summed E-state index contributed by atoms with van der Waals surface area (Å²) in [4.78, 5) is 11.8. The highest BCUT2D eigenvalue weighted by molar-refractivity contribution is 5.79. The van der Waals surface area contributed by atoms with Gasteiger partial charge >= 0.3 is 5.63 Å². The number of aryl methyl sites for hydroxylation is 1. The summed E-state index contributed by atoms with van der Waals surface area (Å²) in [5.41, 5.74) is 3.74. The molecule has 0 saturated heterocycles. The van der Waals surface area contributed by atoms with Crippen LogP contribution < -0.4 is 5.63 Å². The monoisotopic (exact) mass is 329 g/mol. The maximum Gasteiger partial charge on any atom is 0.338 e. The molecule has 2 aromatic heterocycles. The van der Waals surface area contributed by atoms with Gasteiger partial charge in [0.1, 0.15) is 17.1 Å². The van der Waals surface area contributed by atoms with Crippen molar-refractivity contribution in [3.05, 3.63) is 89.0 Å². The number of rotatable bonds is 3. The molecule has 4 aromatic rings. The van der Waals surface area contributed by atoms with Gasteiger partial charge in [-0.15, -0.1) is 5.10 Å². The van der Waals surface area contributed by atoms with E-state index in [1.807, 2.05) is 60.7 Å². The normalized spacial score (nSPS) is 10.8. The largest absolute Gasteiger partial charge is 0.428 e. The van der Waals surface area contributed by atoms with Crippen LogP contribution in [0.5, 0.6) is 0 Å². The van der Waals surface area contributed by atoms with Gasteiger partial charge in [0.25, 0.3) is 0 Å². The van der Waals surface area contributed by atoms with Gasteiger partial charge in [-0.25, -0.2) is 9.48 Å². The highest BCUT2D eigenvalue weighted by Gasteiger charge is 2.18. The molecular formula is C20H15N3O2. The van der Waals surface area contributed by atoms with E-state index in [0.29, 0.717) is 11.4 Å². The van der Waals surface area contributed by atoms with E-state index in [1.54, 1.807) is 17.7 Å². The number of nitrogens with zero attached hydrogens (tertiary/aromatic N) is 3. The van der Waals surface area contributed by atoms with Gasteiger partial charge in [0, 0.05) is 23.3 Å². The van der Waals surface area contributed by atoms with Crippen molar-refractivity contribution in [1.82, 2.24) is 15.0 Å². The summed E-state index contributed by atoms with van der Waals surface area (Å²) in [5, 5.41) is 8.69. The van der Waals surface area contributed by atoms with Crippen molar-refractivity contribution in [3.8, 4) is 28.2 Å². The van der Waals surface area contributed by atoms with Gasteiger partial charge in [-0.2, -0.15) is 0 Å². The number of aromatic nitrogens is 3. The Balaban J connectivity index is 2.00. The van der Waals surface area contributed by atoms with E-state index in [1.165, 1.54) is 6.07 Å². The van der Waals surface area contributed by atoms with E-state index < -0.39 is 5.63 Å². The summed E-state index contributed by atoms with van der Waals surface area (Å²) in [6.07, 6.45) is 0. The summed E-state index contributed by atoms with van der Waals surface area (Å²) in [6.45, 7) is 1.74. The second-order valence-electron chi connectivity index (χ2n) is 5.68. The second-order valence-corrected chi connectivity index (χ2v) is 5.68. The molecule has 0 aliphatic rings. The highest BCUT2D eigenvalue weighted by atomic mass is 16.4. The topological polar surface area (TPSA) is 60.9 Å². The molecule has 0 amide bonds. The first-order valence-corrected chi connectivity index (χ1v) is 7.91. The van der Waals surface area contributed by atoms with E-state index >= 15 is 0 Å². The maximum absolute atomic E-state index is 11.8. The SMILES string of the molecule is Cc1cc(-n2nnc(-c3ccccc3)c2-c2ccccc2)cc(=O)o1. The Morgan fingerprint density at radius 2 is 1.52 bits per heavy atom. The minimum absolute atomic E-state index is 0.411. The Labute approximate surface area is 144 Å². The number of hydrogen-bond donors (Lipinski definition) is 0. The fourth-order valence-electron chi connectivity index (χ4n) is 2.82. The van der Waals surface area contributed by atoms with Crippen LogP contribution in [-0.4, -0.2) is 15.0 Å². The first-order chi connectivity index (χ1) is 12.2. The Morgan fingerprint density at radius 1 is 0.880 bits per heavy atom. The first-order valence-electron chi connectivity index (χ1n) is 7.91. The molecule has 5 heteroatoms. The zero-order chi connectivity index (χ0) is 17.2. The molecule has 0 radical (unpaired) electrons. The van der Waals surface area contributed by atoms with Crippen molar-refractivity contribution in [1.29, 1.82) is 0 Å². The zero-order valence-electron chi connectivity index (χ0n) is 13.6. The average molecular weight is 329 g/mol. The van der Waals surface area contributed by atoms with Crippen molar-refractivity contribution in [2.24, 2.45) is 0 Å². The minimum Gasteiger partial charge on any atom is -0.428 e. The number of hydrogen-bond acceptors (Lipinski definition) is 4. The lowest BCUT2D eigenvalue weighted by molar-refractivity contribution is 0.478. The van der Waals surface area contributed by atoms with Crippen molar-refractivity contribution in [3.63, 3.8) is 0 Å². The van der Waals surface area contributed by atoms with Crippen molar-refractivity contribution in [2.45, 2.75) is 6.92 Å². The molecule has 0 aliphatic carbocycles. The van der Waals surface area contributed by atoms with Gasteiger partial charge in [-0.05, 0) is 6.92 Å². The second kappa shape index (κ2) is 6.20. The molecule has 0 aliphatic heterocycles. The standard InChI is InChI=1S/C20H15N3O2/c1-14-12-17(13-18(24)25-14)23-20(16-10-6-3-7-11-16)19(21-22-23)15-8-4-2-5-9-15/h2-13H,1H3. The van der Waals surface area contributed by atoms with E-state index in [4.69, 9.17) is 4.42 Å².